The molecule has 1 aliphatic heterocycles. The Morgan fingerprint density at radius 1 is 1.35 bits per heavy atom. The number of amides is 1. The summed E-state index contributed by atoms with van der Waals surface area (Å²) >= 11 is 0. The van der Waals surface area contributed by atoms with Gasteiger partial charge < -0.3 is 9.80 Å². The summed E-state index contributed by atoms with van der Waals surface area (Å²) in [5, 5.41) is 0. The maximum atomic E-state index is 12.7. The van der Waals surface area contributed by atoms with Crippen molar-refractivity contribution >= 4 is 11.6 Å². The Balaban J connectivity index is 1.67. The second-order valence-corrected chi connectivity index (χ2v) is 5.85. The first-order chi connectivity index (χ1) is 9.79. The Labute approximate surface area is 120 Å². The van der Waals surface area contributed by atoms with E-state index in [1.54, 1.807) is 0 Å². The van der Waals surface area contributed by atoms with Gasteiger partial charge in [-0.2, -0.15) is 0 Å². The van der Waals surface area contributed by atoms with Crippen molar-refractivity contribution in [2.24, 2.45) is 5.92 Å². The Morgan fingerprint density at radius 3 is 2.75 bits per heavy atom. The zero-order valence-electron chi connectivity index (χ0n) is 12.2. The number of piperidine rings is 1. The third kappa shape index (κ3) is 2.79. The normalized spacial score (nSPS) is 22.6. The number of anilines is 1. The fourth-order valence-corrected chi connectivity index (χ4v) is 3.18. The SMILES string of the molecule is CCN(C(=O)C1CCCN(c2ccncc2)C1)C1CC1. The molecule has 2 aliphatic rings. The van der Waals surface area contributed by atoms with Crippen LogP contribution in [-0.4, -0.2) is 41.5 Å². The van der Waals surface area contributed by atoms with Crippen molar-refractivity contribution in [1.29, 1.82) is 0 Å². The Morgan fingerprint density at radius 2 is 2.10 bits per heavy atom. The molecule has 4 nitrogen and oxygen atoms in total. The Kier molecular flexibility index (Phi) is 3.90. The summed E-state index contributed by atoms with van der Waals surface area (Å²) in [5.41, 5.74) is 1.19. The van der Waals surface area contributed by atoms with E-state index >= 15 is 0 Å². The van der Waals surface area contributed by atoms with E-state index in [1.807, 2.05) is 24.5 Å². The van der Waals surface area contributed by atoms with E-state index in [2.05, 4.69) is 21.7 Å². The van der Waals surface area contributed by atoms with Crippen molar-refractivity contribution in [3.8, 4) is 0 Å². The topological polar surface area (TPSA) is 36.4 Å². The third-order valence-corrected chi connectivity index (χ3v) is 4.41. The van der Waals surface area contributed by atoms with E-state index in [0.717, 1.165) is 32.5 Å². The summed E-state index contributed by atoms with van der Waals surface area (Å²) in [7, 11) is 0. The largest absolute Gasteiger partial charge is 0.371 e. The van der Waals surface area contributed by atoms with Gasteiger partial charge in [-0.15, -0.1) is 0 Å². The van der Waals surface area contributed by atoms with E-state index in [0.29, 0.717) is 11.9 Å². The van der Waals surface area contributed by atoms with Gasteiger partial charge in [0, 0.05) is 43.8 Å². The lowest BCUT2D eigenvalue weighted by molar-refractivity contribution is -0.136. The lowest BCUT2D eigenvalue weighted by Gasteiger charge is -2.36. The van der Waals surface area contributed by atoms with Crippen LogP contribution < -0.4 is 4.90 Å². The summed E-state index contributed by atoms with van der Waals surface area (Å²) in [6, 6.07) is 4.60. The highest BCUT2D eigenvalue weighted by atomic mass is 16.2. The predicted octanol–water partition coefficient (Wildman–Crippen LogP) is 2.31. The molecule has 0 bridgehead atoms. The van der Waals surface area contributed by atoms with Crippen molar-refractivity contribution in [3.05, 3.63) is 24.5 Å². The van der Waals surface area contributed by atoms with Gasteiger partial charge in [-0.25, -0.2) is 0 Å². The fourth-order valence-electron chi connectivity index (χ4n) is 3.18. The minimum atomic E-state index is 0.164. The fraction of sp³-hybridized carbons (Fsp3) is 0.625. The molecular formula is C16H23N3O. The molecule has 20 heavy (non-hydrogen) atoms. The smallest absolute Gasteiger partial charge is 0.227 e. The maximum absolute atomic E-state index is 12.7. The molecule has 2 fully saturated rings. The van der Waals surface area contributed by atoms with Crippen LogP contribution in [0.2, 0.25) is 0 Å². The molecule has 1 aromatic heterocycles. The molecule has 1 atom stereocenters. The number of hydrogen-bond acceptors (Lipinski definition) is 3. The quantitative estimate of drug-likeness (QED) is 0.844. The van der Waals surface area contributed by atoms with Crippen molar-refractivity contribution in [2.45, 2.75) is 38.6 Å². The van der Waals surface area contributed by atoms with Gasteiger partial charge in [0.15, 0.2) is 0 Å². The second kappa shape index (κ2) is 5.81. The molecule has 3 rings (SSSR count). The zero-order chi connectivity index (χ0) is 13.9. The van der Waals surface area contributed by atoms with Crippen molar-refractivity contribution in [2.75, 3.05) is 24.5 Å². The number of hydrogen-bond donors (Lipinski definition) is 0. The lowest BCUT2D eigenvalue weighted by Crippen LogP contribution is -2.45. The summed E-state index contributed by atoms with van der Waals surface area (Å²) in [4.78, 5) is 21.2. The van der Waals surface area contributed by atoms with E-state index < -0.39 is 0 Å². The molecule has 108 valence electrons. The highest BCUT2D eigenvalue weighted by Gasteiger charge is 2.36. The lowest BCUT2D eigenvalue weighted by atomic mass is 9.96. The number of carbonyl (C=O) groups is 1. The predicted molar refractivity (Wildman–Crippen MR) is 79.6 cm³/mol. The van der Waals surface area contributed by atoms with Crippen LogP contribution in [0.4, 0.5) is 5.69 Å². The van der Waals surface area contributed by atoms with Crippen LogP contribution in [0.15, 0.2) is 24.5 Å². The molecule has 4 heteroatoms. The zero-order valence-corrected chi connectivity index (χ0v) is 12.2. The van der Waals surface area contributed by atoms with Crippen molar-refractivity contribution in [3.63, 3.8) is 0 Å². The molecule has 1 amide bonds. The first-order valence-electron chi connectivity index (χ1n) is 7.75. The minimum Gasteiger partial charge on any atom is -0.371 e. The van der Waals surface area contributed by atoms with Crippen LogP contribution >= 0.6 is 0 Å². The third-order valence-electron chi connectivity index (χ3n) is 4.41. The average molecular weight is 273 g/mol. The van der Waals surface area contributed by atoms with Crippen LogP contribution in [0.25, 0.3) is 0 Å². The highest BCUT2D eigenvalue weighted by molar-refractivity contribution is 5.80. The molecule has 1 aliphatic carbocycles. The number of carbonyl (C=O) groups excluding carboxylic acids is 1. The van der Waals surface area contributed by atoms with E-state index in [9.17, 15) is 4.79 Å². The van der Waals surface area contributed by atoms with Gasteiger partial charge >= 0.3 is 0 Å². The van der Waals surface area contributed by atoms with Crippen LogP contribution in [0, 0.1) is 5.92 Å². The first kappa shape index (κ1) is 13.4. The number of pyridine rings is 1. The Bertz CT molecular complexity index is 458. The molecule has 0 aromatic carbocycles. The maximum Gasteiger partial charge on any atom is 0.227 e. The van der Waals surface area contributed by atoms with Gasteiger partial charge in [0.25, 0.3) is 0 Å². The first-order valence-corrected chi connectivity index (χ1v) is 7.75. The van der Waals surface area contributed by atoms with Crippen LogP contribution in [0.5, 0.6) is 0 Å². The summed E-state index contributed by atoms with van der Waals surface area (Å²) in [6.45, 7) is 4.85. The van der Waals surface area contributed by atoms with E-state index in [-0.39, 0.29) is 5.92 Å². The standard InChI is InChI=1S/C16H23N3O/c1-2-19(15-5-6-15)16(20)13-4-3-11-18(12-13)14-7-9-17-10-8-14/h7-10,13,15H,2-6,11-12H2,1H3. The van der Waals surface area contributed by atoms with Crippen molar-refractivity contribution < 1.29 is 4.79 Å². The number of aromatic nitrogens is 1. The van der Waals surface area contributed by atoms with E-state index in [4.69, 9.17) is 0 Å². The van der Waals surface area contributed by atoms with Gasteiger partial charge in [-0.3, -0.25) is 9.78 Å². The van der Waals surface area contributed by atoms with Gasteiger partial charge in [0.05, 0.1) is 5.92 Å². The summed E-state index contributed by atoms with van der Waals surface area (Å²) in [6.07, 6.45) is 8.16. The molecule has 1 saturated carbocycles. The molecule has 1 aromatic rings. The molecule has 1 unspecified atom stereocenters. The highest BCUT2D eigenvalue weighted by Crippen LogP contribution is 2.30. The van der Waals surface area contributed by atoms with Crippen LogP contribution in [-0.2, 0) is 4.79 Å². The van der Waals surface area contributed by atoms with Gasteiger partial charge in [-0.05, 0) is 44.7 Å². The van der Waals surface area contributed by atoms with Crippen LogP contribution in [0.1, 0.15) is 32.6 Å². The Hall–Kier alpha value is -1.58. The van der Waals surface area contributed by atoms with Gasteiger partial charge in [-0.1, -0.05) is 0 Å². The number of rotatable bonds is 4. The van der Waals surface area contributed by atoms with Gasteiger partial charge in [0.2, 0.25) is 5.91 Å². The van der Waals surface area contributed by atoms with E-state index in [1.165, 1.54) is 18.5 Å². The molecule has 2 heterocycles. The second-order valence-electron chi connectivity index (χ2n) is 5.85. The minimum absolute atomic E-state index is 0.164. The molecule has 1 saturated heterocycles. The number of nitrogens with zero attached hydrogens (tertiary/aromatic N) is 3. The summed E-state index contributed by atoms with van der Waals surface area (Å²) in [5.74, 6) is 0.534. The summed E-state index contributed by atoms with van der Waals surface area (Å²) < 4.78 is 0. The monoisotopic (exact) mass is 273 g/mol. The molecular weight excluding hydrogens is 250 g/mol. The van der Waals surface area contributed by atoms with Crippen molar-refractivity contribution in [1.82, 2.24) is 9.88 Å². The van der Waals surface area contributed by atoms with Crippen LogP contribution in [0.3, 0.4) is 0 Å². The molecule has 0 spiro atoms. The molecule has 0 N–H and O–H groups in total. The average Bonchev–Trinajstić information content (AvgIpc) is 3.34. The molecule has 0 radical (unpaired) electrons. The van der Waals surface area contributed by atoms with Gasteiger partial charge in [0.1, 0.15) is 0 Å².